The maximum atomic E-state index is 5.92. The SMILES string of the molecule is Cc1cc(N2CCCC(CCCl)C2)c2ccccc2n1. The molecule has 0 spiro atoms. The van der Waals surface area contributed by atoms with Gasteiger partial charge < -0.3 is 4.90 Å². The fourth-order valence-electron chi connectivity index (χ4n) is 3.22. The van der Waals surface area contributed by atoms with Gasteiger partial charge in [-0.2, -0.15) is 0 Å². The van der Waals surface area contributed by atoms with Crippen molar-refractivity contribution in [2.45, 2.75) is 26.2 Å². The van der Waals surface area contributed by atoms with E-state index < -0.39 is 0 Å². The average Bonchev–Trinajstić information content (AvgIpc) is 2.47. The number of pyridine rings is 1. The van der Waals surface area contributed by atoms with E-state index in [4.69, 9.17) is 11.6 Å². The first kappa shape index (κ1) is 13.7. The number of piperidine rings is 1. The largest absolute Gasteiger partial charge is 0.371 e. The fraction of sp³-hybridized carbons (Fsp3) is 0.471. The second-order valence-electron chi connectivity index (χ2n) is 5.73. The van der Waals surface area contributed by atoms with Crippen LogP contribution in [0.2, 0.25) is 0 Å². The van der Waals surface area contributed by atoms with Crippen LogP contribution < -0.4 is 4.90 Å². The van der Waals surface area contributed by atoms with Gasteiger partial charge >= 0.3 is 0 Å². The lowest BCUT2D eigenvalue weighted by Crippen LogP contribution is -2.35. The number of fused-ring (bicyclic) bond motifs is 1. The van der Waals surface area contributed by atoms with Crippen LogP contribution in [0.15, 0.2) is 30.3 Å². The topological polar surface area (TPSA) is 16.1 Å². The Labute approximate surface area is 125 Å². The molecule has 1 aromatic heterocycles. The summed E-state index contributed by atoms with van der Waals surface area (Å²) in [6.07, 6.45) is 3.70. The Morgan fingerprint density at radius 3 is 3.05 bits per heavy atom. The van der Waals surface area contributed by atoms with Gasteiger partial charge in [0.1, 0.15) is 0 Å². The summed E-state index contributed by atoms with van der Waals surface area (Å²) in [7, 11) is 0. The van der Waals surface area contributed by atoms with Gasteiger partial charge in [-0.15, -0.1) is 11.6 Å². The lowest BCUT2D eigenvalue weighted by atomic mass is 9.94. The number of hydrogen-bond donors (Lipinski definition) is 0. The summed E-state index contributed by atoms with van der Waals surface area (Å²) in [6.45, 7) is 4.35. The predicted octanol–water partition coefficient (Wildman–Crippen LogP) is 4.39. The van der Waals surface area contributed by atoms with Crippen molar-refractivity contribution in [2.75, 3.05) is 23.9 Å². The fourth-order valence-corrected chi connectivity index (χ4v) is 3.53. The Morgan fingerprint density at radius 2 is 2.20 bits per heavy atom. The molecule has 3 heteroatoms. The Balaban J connectivity index is 1.96. The molecule has 1 saturated heterocycles. The number of halogens is 1. The quantitative estimate of drug-likeness (QED) is 0.779. The Kier molecular flexibility index (Phi) is 4.11. The predicted molar refractivity (Wildman–Crippen MR) is 86.8 cm³/mol. The molecule has 1 atom stereocenters. The van der Waals surface area contributed by atoms with Crippen molar-refractivity contribution >= 4 is 28.2 Å². The summed E-state index contributed by atoms with van der Waals surface area (Å²) >= 11 is 5.92. The van der Waals surface area contributed by atoms with E-state index in [0.717, 1.165) is 42.5 Å². The van der Waals surface area contributed by atoms with E-state index in [1.807, 2.05) is 0 Å². The second kappa shape index (κ2) is 6.01. The first-order valence-electron chi connectivity index (χ1n) is 7.45. The van der Waals surface area contributed by atoms with Crippen molar-refractivity contribution in [3.63, 3.8) is 0 Å². The summed E-state index contributed by atoms with van der Waals surface area (Å²) in [6, 6.07) is 10.7. The van der Waals surface area contributed by atoms with Crippen LogP contribution in [0.25, 0.3) is 10.9 Å². The Hall–Kier alpha value is -1.28. The molecule has 2 aromatic rings. The van der Waals surface area contributed by atoms with Gasteiger partial charge in [0.2, 0.25) is 0 Å². The first-order chi connectivity index (χ1) is 9.78. The van der Waals surface area contributed by atoms with Gasteiger partial charge in [0.25, 0.3) is 0 Å². The molecule has 0 radical (unpaired) electrons. The number of anilines is 1. The molecule has 1 aliphatic rings. The standard InChI is InChI=1S/C17H21ClN2/c1-13-11-17(15-6-2-3-7-16(15)19-13)20-10-4-5-14(12-20)8-9-18/h2-3,6-7,11,14H,4-5,8-10,12H2,1H3. The third-order valence-corrected chi connectivity index (χ3v) is 4.42. The van der Waals surface area contributed by atoms with E-state index in [1.54, 1.807) is 0 Å². The van der Waals surface area contributed by atoms with Gasteiger partial charge in [-0.1, -0.05) is 18.2 Å². The van der Waals surface area contributed by atoms with Gasteiger partial charge in [0, 0.05) is 35.7 Å². The smallest absolute Gasteiger partial charge is 0.0726 e. The highest BCUT2D eigenvalue weighted by Gasteiger charge is 2.21. The normalized spacial score (nSPS) is 19.5. The van der Waals surface area contributed by atoms with E-state index >= 15 is 0 Å². The number of nitrogens with zero attached hydrogens (tertiary/aromatic N) is 2. The van der Waals surface area contributed by atoms with Gasteiger partial charge in [0.05, 0.1) is 5.52 Å². The van der Waals surface area contributed by atoms with Gasteiger partial charge in [0.15, 0.2) is 0 Å². The van der Waals surface area contributed by atoms with Gasteiger partial charge in [-0.25, -0.2) is 0 Å². The minimum atomic E-state index is 0.730. The summed E-state index contributed by atoms with van der Waals surface area (Å²) in [5, 5.41) is 1.27. The van der Waals surface area contributed by atoms with Crippen molar-refractivity contribution in [3.8, 4) is 0 Å². The maximum absolute atomic E-state index is 5.92. The molecule has 106 valence electrons. The minimum Gasteiger partial charge on any atom is -0.371 e. The molecule has 3 rings (SSSR count). The van der Waals surface area contributed by atoms with E-state index in [0.29, 0.717) is 0 Å². The highest BCUT2D eigenvalue weighted by molar-refractivity contribution is 6.17. The van der Waals surface area contributed by atoms with Crippen LogP contribution >= 0.6 is 11.6 Å². The van der Waals surface area contributed by atoms with Crippen molar-refractivity contribution < 1.29 is 0 Å². The van der Waals surface area contributed by atoms with Crippen LogP contribution in [0, 0.1) is 12.8 Å². The molecule has 2 nitrogen and oxygen atoms in total. The molecule has 0 saturated carbocycles. The van der Waals surface area contributed by atoms with E-state index in [9.17, 15) is 0 Å². The van der Waals surface area contributed by atoms with E-state index in [2.05, 4.69) is 47.1 Å². The van der Waals surface area contributed by atoms with Crippen molar-refractivity contribution in [3.05, 3.63) is 36.0 Å². The van der Waals surface area contributed by atoms with Crippen LogP contribution in [0.4, 0.5) is 5.69 Å². The zero-order valence-electron chi connectivity index (χ0n) is 12.0. The molecule has 1 aromatic carbocycles. The molecule has 0 amide bonds. The number of hydrogen-bond acceptors (Lipinski definition) is 2. The van der Waals surface area contributed by atoms with Crippen LogP contribution in [-0.2, 0) is 0 Å². The summed E-state index contributed by atoms with van der Waals surface area (Å²) in [4.78, 5) is 7.16. The second-order valence-corrected chi connectivity index (χ2v) is 6.11. The van der Waals surface area contributed by atoms with E-state index in [-0.39, 0.29) is 0 Å². The lowest BCUT2D eigenvalue weighted by molar-refractivity contribution is 0.407. The number of alkyl halides is 1. The van der Waals surface area contributed by atoms with Crippen molar-refractivity contribution in [2.24, 2.45) is 5.92 Å². The number of para-hydroxylation sites is 1. The van der Waals surface area contributed by atoms with Gasteiger partial charge in [-0.05, 0) is 44.2 Å². The molecule has 0 aliphatic carbocycles. The minimum absolute atomic E-state index is 0.730. The molecule has 20 heavy (non-hydrogen) atoms. The molecule has 1 unspecified atom stereocenters. The Bertz CT molecular complexity index is 595. The van der Waals surface area contributed by atoms with Crippen LogP contribution in [-0.4, -0.2) is 24.0 Å². The zero-order valence-corrected chi connectivity index (χ0v) is 12.7. The maximum Gasteiger partial charge on any atom is 0.0726 e. The molecule has 2 heterocycles. The summed E-state index contributed by atoms with van der Waals surface area (Å²) < 4.78 is 0. The highest BCUT2D eigenvalue weighted by atomic mass is 35.5. The van der Waals surface area contributed by atoms with Crippen LogP contribution in [0.5, 0.6) is 0 Å². The van der Waals surface area contributed by atoms with E-state index in [1.165, 1.54) is 23.9 Å². The van der Waals surface area contributed by atoms with Crippen molar-refractivity contribution in [1.82, 2.24) is 4.98 Å². The van der Waals surface area contributed by atoms with Crippen LogP contribution in [0.1, 0.15) is 25.0 Å². The highest BCUT2D eigenvalue weighted by Crippen LogP contribution is 2.31. The molecular weight excluding hydrogens is 268 g/mol. The molecule has 0 N–H and O–H groups in total. The number of rotatable bonds is 3. The third kappa shape index (κ3) is 2.76. The molecule has 0 bridgehead atoms. The first-order valence-corrected chi connectivity index (χ1v) is 7.98. The van der Waals surface area contributed by atoms with Crippen LogP contribution in [0.3, 0.4) is 0 Å². The number of aromatic nitrogens is 1. The monoisotopic (exact) mass is 288 g/mol. The molecule has 1 fully saturated rings. The molecule has 1 aliphatic heterocycles. The summed E-state index contributed by atoms with van der Waals surface area (Å²) in [5.74, 6) is 1.50. The number of benzene rings is 1. The molecular formula is C17H21ClN2. The summed E-state index contributed by atoms with van der Waals surface area (Å²) in [5.41, 5.74) is 3.53. The average molecular weight is 289 g/mol. The lowest BCUT2D eigenvalue weighted by Gasteiger charge is -2.35. The third-order valence-electron chi connectivity index (χ3n) is 4.20. The van der Waals surface area contributed by atoms with Crippen molar-refractivity contribution in [1.29, 1.82) is 0 Å². The van der Waals surface area contributed by atoms with Gasteiger partial charge in [-0.3, -0.25) is 4.98 Å². The number of aryl methyl sites for hydroxylation is 1. The Morgan fingerprint density at radius 1 is 1.35 bits per heavy atom. The zero-order chi connectivity index (χ0) is 13.9.